The van der Waals surface area contributed by atoms with Crippen LogP contribution in [-0.2, 0) is 0 Å². The molecule has 2 aliphatic heterocycles. The van der Waals surface area contributed by atoms with Crippen LogP contribution in [0.15, 0.2) is 66.7 Å². The molecule has 0 bridgehead atoms. The molecule has 3 aromatic carbocycles. The Labute approximate surface area is 179 Å². The number of nitrogens with zero attached hydrogens (tertiary/aromatic N) is 1. The van der Waals surface area contributed by atoms with Crippen molar-refractivity contribution in [3.63, 3.8) is 0 Å². The zero-order chi connectivity index (χ0) is 21.5. The van der Waals surface area contributed by atoms with Crippen LogP contribution in [0.2, 0.25) is 0 Å². The van der Waals surface area contributed by atoms with Crippen molar-refractivity contribution in [1.29, 1.82) is 0 Å². The van der Waals surface area contributed by atoms with Crippen LogP contribution in [0.1, 0.15) is 28.4 Å². The van der Waals surface area contributed by atoms with Gasteiger partial charge in [-0.05, 0) is 53.9 Å². The van der Waals surface area contributed by atoms with Gasteiger partial charge in [-0.15, -0.1) is 0 Å². The number of carbonyl (C=O) groups is 1. The molecule has 2 N–H and O–H groups in total. The first kappa shape index (κ1) is 19.7. The van der Waals surface area contributed by atoms with Crippen molar-refractivity contribution in [1.82, 2.24) is 4.90 Å². The Morgan fingerprint density at radius 3 is 2.68 bits per heavy atom. The Balaban J connectivity index is 1.59. The highest BCUT2D eigenvalue weighted by atomic mass is 19.1. The molecule has 3 atom stereocenters. The van der Waals surface area contributed by atoms with Gasteiger partial charge >= 0.3 is 0 Å². The molecule has 0 saturated carbocycles. The van der Waals surface area contributed by atoms with Crippen LogP contribution in [0.25, 0.3) is 11.1 Å². The number of likely N-dealkylation sites (tertiary alicyclic amines) is 1. The van der Waals surface area contributed by atoms with Crippen LogP contribution in [0, 0.1) is 17.6 Å². The normalized spacial score (nSPS) is 21.9. The van der Waals surface area contributed by atoms with Crippen molar-refractivity contribution < 1.29 is 18.7 Å². The maximum atomic E-state index is 14.4. The molecule has 1 amide bonds. The predicted molar refractivity (Wildman–Crippen MR) is 115 cm³/mol. The SMILES string of the molecule is O=C(c1cccc(F)c1)N1CC[C@H]2[C@H](CO)Nc3ccc(-c4ccccc4F)cc3[C@H]21. The monoisotopic (exact) mass is 420 g/mol. The number of nitrogens with one attached hydrogen (secondary N) is 1. The number of aliphatic hydroxyl groups excluding tert-OH is 1. The van der Waals surface area contributed by atoms with Gasteiger partial charge in [0.1, 0.15) is 11.6 Å². The first-order valence-corrected chi connectivity index (χ1v) is 10.4. The Morgan fingerprint density at radius 2 is 1.90 bits per heavy atom. The van der Waals surface area contributed by atoms with E-state index in [0.717, 1.165) is 16.8 Å². The smallest absolute Gasteiger partial charge is 0.254 e. The van der Waals surface area contributed by atoms with Gasteiger partial charge in [0.15, 0.2) is 0 Å². The van der Waals surface area contributed by atoms with E-state index in [9.17, 15) is 18.7 Å². The number of fused-ring (bicyclic) bond motifs is 3. The molecule has 5 rings (SSSR count). The summed E-state index contributed by atoms with van der Waals surface area (Å²) < 4.78 is 28.1. The Morgan fingerprint density at radius 1 is 1.06 bits per heavy atom. The Bertz CT molecular complexity index is 1150. The third-order valence-electron chi connectivity index (χ3n) is 6.39. The van der Waals surface area contributed by atoms with Crippen LogP contribution in [0.5, 0.6) is 0 Å². The molecular weight excluding hydrogens is 398 g/mol. The second-order valence-electron chi connectivity index (χ2n) is 8.12. The third kappa shape index (κ3) is 3.37. The number of hydrogen-bond donors (Lipinski definition) is 2. The van der Waals surface area contributed by atoms with Gasteiger partial charge in [-0.1, -0.05) is 30.3 Å². The summed E-state index contributed by atoms with van der Waals surface area (Å²) >= 11 is 0. The van der Waals surface area contributed by atoms with Crippen molar-refractivity contribution in [2.24, 2.45) is 5.92 Å². The minimum Gasteiger partial charge on any atom is -0.394 e. The lowest BCUT2D eigenvalue weighted by atomic mass is 9.82. The number of amides is 1. The summed E-state index contributed by atoms with van der Waals surface area (Å²) in [4.78, 5) is 15.0. The fourth-order valence-electron chi connectivity index (χ4n) is 4.94. The lowest BCUT2D eigenvalue weighted by molar-refractivity contribution is 0.0700. The fraction of sp³-hybridized carbons (Fsp3) is 0.240. The summed E-state index contributed by atoms with van der Waals surface area (Å²) in [5, 5.41) is 13.3. The van der Waals surface area contributed by atoms with Gasteiger partial charge in [0.25, 0.3) is 5.91 Å². The summed E-state index contributed by atoms with van der Waals surface area (Å²) in [6.07, 6.45) is 0.716. The van der Waals surface area contributed by atoms with E-state index in [1.165, 1.54) is 24.3 Å². The van der Waals surface area contributed by atoms with E-state index in [1.807, 2.05) is 18.2 Å². The maximum absolute atomic E-state index is 14.4. The second-order valence-corrected chi connectivity index (χ2v) is 8.12. The van der Waals surface area contributed by atoms with E-state index in [2.05, 4.69) is 5.32 Å². The summed E-state index contributed by atoms with van der Waals surface area (Å²) in [5.74, 6) is -1.00. The molecule has 3 aromatic rings. The molecule has 0 aromatic heterocycles. The highest BCUT2D eigenvalue weighted by Gasteiger charge is 2.46. The van der Waals surface area contributed by atoms with E-state index in [-0.39, 0.29) is 36.3 Å². The molecule has 0 unspecified atom stereocenters. The lowest BCUT2D eigenvalue weighted by Crippen LogP contribution is -2.42. The zero-order valence-corrected chi connectivity index (χ0v) is 16.8. The largest absolute Gasteiger partial charge is 0.394 e. The molecule has 0 spiro atoms. The van der Waals surface area contributed by atoms with E-state index in [1.54, 1.807) is 29.2 Å². The van der Waals surface area contributed by atoms with Crippen LogP contribution in [0.3, 0.4) is 0 Å². The summed E-state index contributed by atoms with van der Waals surface area (Å²) in [6, 6.07) is 17.4. The van der Waals surface area contributed by atoms with Crippen molar-refractivity contribution >= 4 is 11.6 Å². The molecule has 1 fully saturated rings. The van der Waals surface area contributed by atoms with Crippen LogP contribution in [-0.4, -0.2) is 35.1 Å². The average Bonchev–Trinajstić information content (AvgIpc) is 3.23. The van der Waals surface area contributed by atoms with Crippen LogP contribution >= 0.6 is 0 Å². The van der Waals surface area contributed by atoms with E-state index >= 15 is 0 Å². The Kier molecular flexibility index (Phi) is 4.94. The van der Waals surface area contributed by atoms with Crippen molar-refractivity contribution in [2.75, 3.05) is 18.5 Å². The Hall–Kier alpha value is -3.25. The molecule has 31 heavy (non-hydrogen) atoms. The van der Waals surface area contributed by atoms with Gasteiger partial charge in [-0.25, -0.2) is 8.78 Å². The van der Waals surface area contributed by atoms with E-state index in [4.69, 9.17) is 0 Å². The molecule has 6 heteroatoms. The van der Waals surface area contributed by atoms with Gasteiger partial charge in [-0.3, -0.25) is 4.79 Å². The van der Waals surface area contributed by atoms with Gasteiger partial charge < -0.3 is 15.3 Å². The fourth-order valence-corrected chi connectivity index (χ4v) is 4.94. The quantitative estimate of drug-likeness (QED) is 0.650. The third-order valence-corrected chi connectivity index (χ3v) is 6.39. The maximum Gasteiger partial charge on any atom is 0.254 e. The summed E-state index contributed by atoms with van der Waals surface area (Å²) in [6.45, 7) is 0.448. The predicted octanol–water partition coefficient (Wildman–Crippen LogP) is 4.62. The summed E-state index contributed by atoms with van der Waals surface area (Å²) in [7, 11) is 0. The molecule has 1 saturated heterocycles. The van der Waals surface area contributed by atoms with Gasteiger partial charge in [0, 0.05) is 29.3 Å². The van der Waals surface area contributed by atoms with Crippen molar-refractivity contribution in [3.8, 4) is 11.1 Å². The topological polar surface area (TPSA) is 52.6 Å². The van der Waals surface area contributed by atoms with Crippen molar-refractivity contribution in [3.05, 3.63) is 89.5 Å². The second kappa shape index (κ2) is 7.78. The molecule has 158 valence electrons. The van der Waals surface area contributed by atoms with Gasteiger partial charge in [0.05, 0.1) is 18.7 Å². The molecule has 0 radical (unpaired) electrons. The van der Waals surface area contributed by atoms with E-state index < -0.39 is 5.82 Å². The number of benzene rings is 3. The van der Waals surface area contributed by atoms with E-state index in [0.29, 0.717) is 24.1 Å². The molecule has 0 aliphatic carbocycles. The van der Waals surface area contributed by atoms with Gasteiger partial charge in [-0.2, -0.15) is 0 Å². The van der Waals surface area contributed by atoms with Gasteiger partial charge in [0.2, 0.25) is 0 Å². The minimum absolute atomic E-state index is 0.00544. The number of aliphatic hydroxyl groups is 1. The summed E-state index contributed by atoms with van der Waals surface area (Å²) in [5.41, 5.74) is 3.22. The minimum atomic E-state index is -0.456. The lowest BCUT2D eigenvalue weighted by Gasteiger charge is -2.39. The highest BCUT2D eigenvalue weighted by Crippen LogP contribution is 2.47. The number of carbonyl (C=O) groups excluding carboxylic acids is 1. The van der Waals surface area contributed by atoms with Crippen LogP contribution < -0.4 is 5.32 Å². The zero-order valence-electron chi connectivity index (χ0n) is 16.8. The number of hydrogen-bond acceptors (Lipinski definition) is 3. The number of halogens is 2. The van der Waals surface area contributed by atoms with Crippen LogP contribution in [0.4, 0.5) is 14.5 Å². The molecule has 2 heterocycles. The standard InChI is InChI=1S/C25H22F2N2O2/c26-17-5-3-4-16(12-17)25(31)29-11-10-19-23(14-30)28-22-9-8-15(13-20(22)24(19)29)18-6-1-2-7-21(18)27/h1-9,12-13,19,23-24,28,30H,10-11,14H2/t19-,23-,24-/m0/s1. The molecule has 2 aliphatic rings. The van der Waals surface area contributed by atoms with Crippen molar-refractivity contribution in [2.45, 2.75) is 18.5 Å². The average molecular weight is 420 g/mol. The number of rotatable bonds is 3. The number of anilines is 1. The first-order chi connectivity index (χ1) is 15.1. The molecule has 4 nitrogen and oxygen atoms in total. The molecular formula is C25H22F2N2O2. The highest BCUT2D eigenvalue weighted by molar-refractivity contribution is 5.95. The first-order valence-electron chi connectivity index (χ1n) is 10.4.